The quantitative estimate of drug-likeness (QED) is 0.384. The first-order valence-electron chi connectivity index (χ1n) is 8.48. The predicted molar refractivity (Wildman–Crippen MR) is 99.4 cm³/mol. The van der Waals surface area contributed by atoms with Crippen LogP contribution in [0, 0.1) is 11.6 Å². The molecule has 0 radical (unpaired) electrons. The van der Waals surface area contributed by atoms with Crippen LogP contribution in [0.2, 0.25) is 0 Å². The molecular weight excluding hydrogens is 370 g/mol. The van der Waals surface area contributed by atoms with E-state index >= 15 is 0 Å². The van der Waals surface area contributed by atoms with Gasteiger partial charge >= 0.3 is 5.97 Å². The third-order valence-electron chi connectivity index (χ3n) is 3.55. The largest absolute Gasteiger partial charge is 0.493 e. The van der Waals surface area contributed by atoms with Crippen LogP contribution in [-0.2, 0) is 9.53 Å². The molecule has 0 heterocycles. The molecule has 0 unspecified atom stereocenters. The van der Waals surface area contributed by atoms with Crippen molar-refractivity contribution < 1.29 is 32.6 Å². The van der Waals surface area contributed by atoms with E-state index in [4.69, 9.17) is 14.2 Å². The van der Waals surface area contributed by atoms with Gasteiger partial charge in [-0.15, -0.1) is 0 Å². The third kappa shape index (κ3) is 5.90. The Labute approximate surface area is 161 Å². The van der Waals surface area contributed by atoms with Crippen LogP contribution in [0.25, 0.3) is 6.08 Å². The maximum atomic E-state index is 13.1. The lowest BCUT2D eigenvalue weighted by Gasteiger charge is -2.13. The van der Waals surface area contributed by atoms with Gasteiger partial charge in [0.05, 0.1) is 13.2 Å². The Morgan fingerprint density at radius 2 is 1.79 bits per heavy atom. The molecule has 2 rings (SSSR count). The highest BCUT2D eigenvalue weighted by Gasteiger charge is 2.12. The van der Waals surface area contributed by atoms with Crippen LogP contribution in [0.3, 0.4) is 0 Å². The molecule has 2 aromatic carbocycles. The van der Waals surface area contributed by atoms with Crippen molar-refractivity contribution in [2.75, 3.05) is 13.7 Å². The monoisotopic (exact) mass is 390 g/mol. The molecule has 0 spiro atoms. The summed E-state index contributed by atoms with van der Waals surface area (Å²) in [4.78, 5) is 23.7. The van der Waals surface area contributed by atoms with Gasteiger partial charge in [-0.2, -0.15) is 0 Å². The summed E-state index contributed by atoms with van der Waals surface area (Å²) in [6.07, 6.45) is 2.62. The molecule has 0 fully saturated rings. The second-order valence-corrected chi connectivity index (χ2v) is 6.07. The Balaban J connectivity index is 1.95. The number of esters is 1. The van der Waals surface area contributed by atoms with Crippen molar-refractivity contribution in [3.8, 4) is 11.5 Å². The Morgan fingerprint density at radius 1 is 1.04 bits per heavy atom. The number of methoxy groups -OCH3 is 1. The smallest absolute Gasteiger partial charge is 0.331 e. The van der Waals surface area contributed by atoms with Gasteiger partial charge in [0, 0.05) is 11.6 Å². The second-order valence-electron chi connectivity index (χ2n) is 6.07. The van der Waals surface area contributed by atoms with Crippen molar-refractivity contribution in [1.29, 1.82) is 0 Å². The summed E-state index contributed by atoms with van der Waals surface area (Å²) < 4.78 is 41.7. The number of carbonyl (C=O) groups is 2. The number of halogens is 2. The van der Waals surface area contributed by atoms with Gasteiger partial charge in [-0.25, -0.2) is 13.6 Å². The van der Waals surface area contributed by atoms with Crippen LogP contribution >= 0.6 is 0 Å². The first-order valence-corrected chi connectivity index (χ1v) is 8.48. The lowest BCUT2D eigenvalue weighted by atomic mass is 10.1. The predicted octanol–water partition coefficient (Wildman–Crippen LogP) is 4.20. The van der Waals surface area contributed by atoms with Crippen molar-refractivity contribution in [3.63, 3.8) is 0 Å². The van der Waals surface area contributed by atoms with E-state index in [-0.39, 0.29) is 11.7 Å². The van der Waals surface area contributed by atoms with Gasteiger partial charge in [0.2, 0.25) is 0 Å². The normalized spacial score (nSPS) is 10.9. The molecule has 0 saturated heterocycles. The van der Waals surface area contributed by atoms with Crippen LogP contribution in [0.1, 0.15) is 29.8 Å². The molecule has 0 amide bonds. The highest BCUT2D eigenvalue weighted by molar-refractivity contribution is 5.98. The molecule has 148 valence electrons. The molecule has 0 aliphatic rings. The van der Waals surface area contributed by atoms with Crippen molar-refractivity contribution in [1.82, 2.24) is 0 Å². The van der Waals surface area contributed by atoms with E-state index in [0.717, 1.165) is 24.3 Å². The van der Waals surface area contributed by atoms with Gasteiger partial charge < -0.3 is 14.2 Å². The maximum Gasteiger partial charge on any atom is 0.331 e. The second kappa shape index (κ2) is 9.64. The van der Waals surface area contributed by atoms with E-state index in [9.17, 15) is 18.4 Å². The Kier molecular flexibility index (Phi) is 7.26. The zero-order chi connectivity index (χ0) is 20.7. The van der Waals surface area contributed by atoms with E-state index < -0.39 is 30.0 Å². The lowest BCUT2D eigenvalue weighted by molar-refractivity contribution is -0.136. The molecule has 2 aromatic rings. The van der Waals surface area contributed by atoms with Crippen LogP contribution in [-0.4, -0.2) is 31.6 Å². The van der Waals surface area contributed by atoms with E-state index in [1.54, 1.807) is 18.2 Å². The molecule has 5 nitrogen and oxygen atoms in total. The minimum Gasteiger partial charge on any atom is -0.493 e. The number of benzene rings is 2. The fraction of sp³-hybridized carbons (Fsp3) is 0.238. The summed E-state index contributed by atoms with van der Waals surface area (Å²) in [5, 5.41) is 0. The molecule has 0 atom stereocenters. The van der Waals surface area contributed by atoms with Gasteiger partial charge in [-0.3, -0.25) is 4.79 Å². The summed E-state index contributed by atoms with van der Waals surface area (Å²) in [6.45, 7) is 3.20. The van der Waals surface area contributed by atoms with E-state index in [1.807, 2.05) is 13.8 Å². The number of carbonyl (C=O) groups excluding carboxylic acids is 2. The lowest BCUT2D eigenvalue weighted by Crippen LogP contribution is -2.13. The minimum absolute atomic E-state index is 0.0163. The zero-order valence-electron chi connectivity index (χ0n) is 15.7. The summed E-state index contributed by atoms with van der Waals surface area (Å²) in [7, 11) is 1.51. The molecule has 7 heteroatoms. The van der Waals surface area contributed by atoms with Crippen LogP contribution in [0.15, 0.2) is 42.5 Å². The molecule has 0 aliphatic carbocycles. The standard InChI is InChI=1S/C21H20F2O5/c1-13(2)28-19-8-4-14(10-20(19)26-3)5-9-21(25)27-12-18(24)15-6-7-16(22)17(23)11-15/h4-11,13H,12H2,1-3H3/b9-5+. The first kappa shape index (κ1) is 21.1. The van der Waals surface area contributed by atoms with Crippen LogP contribution in [0.5, 0.6) is 11.5 Å². The molecular formula is C21H20F2O5. The minimum atomic E-state index is -1.14. The van der Waals surface area contributed by atoms with E-state index in [1.165, 1.54) is 13.2 Å². The Bertz CT molecular complexity index is 890. The van der Waals surface area contributed by atoms with Gasteiger partial charge in [-0.1, -0.05) is 6.07 Å². The van der Waals surface area contributed by atoms with E-state index in [2.05, 4.69) is 0 Å². The Morgan fingerprint density at radius 3 is 2.43 bits per heavy atom. The Hall–Kier alpha value is -3.22. The van der Waals surface area contributed by atoms with Crippen molar-refractivity contribution in [3.05, 3.63) is 65.2 Å². The van der Waals surface area contributed by atoms with E-state index in [0.29, 0.717) is 17.1 Å². The highest BCUT2D eigenvalue weighted by Crippen LogP contribution is 2.29. The highest BCUT2D eigenvalue weighted by atomic mass is 19.2. The number of hydrogen-bond donors (Lipinski definition) is 0. The molecule has 0 N–H and O–H groups in total. The summed E-state index contributed by atoms with van der Waals surface area (Å²) in [5.41, 5.74) is 0.581. The fourth-order valence-corrected chi connectivity index (χ4v) is 2.24. The van der Waals surface area contributed by atoms with Gasteiger partial charge in [0.15, 0.2) is 35.5 Å². The summed E-state index contributed by atoms with van der Waals surface area (Å²) in [6, 6.07) is 7.86. The number of Topliss-reactive ketones (excluding diaryl/α,β-unsaturated/α-hetero) is 1. The van der Waals surface area contributed by atoms with Crippen molar-refractivity contribution >= 4 is 17.8 Å². The molecule has 0 saturated carbocycles. The van der Waals surface area contributed by atoms with Gasteiger partial charge in [-0.05, 0) is 55.8 Å². The number of rotatable bonds is 8. The number of ketones is 1. The van der Waals surface area contributed by atoms with Gasteiger partial charge in [0.1, 0.15) is 0 Å². The number of ether oxygens (including phenoxy) is 3. The third-order valence-corrected chi connectivity index (χ3v) is 3.55. The average Bonchev–Trinajstić information content (AvgIpc) is 2.66. The first-order chi connectivity index (χ1) is 13.3. The van der Waals surface area contributed by atoms with Gasteiger partial charge in [0.25, 0.3) is 0 Å². The molecule has 0 aliphatic heterocycles. The summed E-state index contributed by atoms with van der Waals surface area (Å²) in [5.74, 6) is -2.50. The molecule has 0 aromatic heterocycles. The van der Waals surface area contributed by atoms with Crippen LogP contribution in [0.4, 0.5) is 8.78 Å². The molecule has 0 bridgehead atoms. The number of hydrogen-bond acceptors (Lipinski definition) is 5. The van der Waals surface area contributed by atoms with Crippen molar-refractivity contribution in [2.45, 2.75) is 20.0 Å². The topological polar surface area (TPSA) is 61.8 Å². The summed E-state index contributed by atoms with van der Waals surface area (Å²) >= 11 is 0. The zero-order valence-corrected chi connectivity index (χ0v) is 15.7. The maximum absolute atomic E-state index is 13.1. The van der Waals surface area contributed by atoms with Crippen LogP contribution < -0.4 is 9.47 Å². The van der Waals surface area contributed by atoms with Crippen molar-refractivity contribution in [2.24, 2.45) is 0 Å². The fourth-order valence-electron chi connectivity index (χ4n) is 2.24. The SMILES string of the molecule is COc1cc(/C=C/C(=O)OCC(=O)c2ccc(F)c(F)c2)ccc1OC(C)C. The average molecular weight is 390 g/mol. The molecule has 28 heavy (non-hydrogen) atoms.